The van der Waals surface area contributed by atoms with Crippen LogP contribution < -0.4 is 5.32 Å². The Morgan fingerprint density at radius 3 is 2.83 bits per heavy atom. The molecule has 0 bridgehead atoms. The maximum Gasteiger partial charge on any atom is 0.257 e. The molecule has 1 atom stereocenters. The van der Waals surface area contributed by atoms with Gasteiger partial charge in [0.25, 0.3) is 5.89 Å². The molecule has 0 spiro atoms. The van der Waals surface area contributed by atoms with Gasteiger partial charge in [0.15, 0.2) is 5.82 Å². The van der Waals surface area contributed by atoms with Gasteiger partial charge in [0.2, 0.25) is 0 Å². The van der Waals surface area contributed by atoms with Crippen LogP contribution in [0, 0.1) is 3.57 Å². The molecule has 1 N–H and O–H groups in total. The summed E-state index contributed by atoms with van der Waals surface area (Å²) in [6.45, 7) is 2.14. The first-order chi connectivity index (χ1) is 8.83. The summed E-state index contributed by atoms with van der Waals surface area (Å²) in [4.78, 5) is 4.41. The van der Waals surface area contributed by atoms with Crippen LogP contribution in [-0.2, 0) is 4.74 Å². The fraction of sp³-hybridized carbons (Fsp3) is 0.333. The Balaban J connectivity index is 1.82. The highest BCUT2D eigenvalue weighted by molar-refractivity contribution is 14.1. The van der Waals surface area contributed by atoms with E-state index in [4.69, 9.17) is 9.26 Å². The molecule has 0 aliphatic carbocycles. The fourth-order valence-electron chi connectivity index (χ4n) is 1.82. The van der Waals surface area contributed by atoms with Crippen LogP contribution in [0.3, 0.4) is 0 Å². The summed E-state index contributed by atoms with van der Waals surface area (Å²) in [6, 6.07) is 8.01. The first-order valence-electron chi connectivity index (χ1n) is 5.73. The highest BCUT2D eigenvalue weighted by Gasteiger charge is 2.21. The quantitative estimate of drug-likeness (QED) is 0.834. The first-order valence-corrected chi connectivity index (χ1v) is 6.81. The average molecular weight is 357 g/mol. The zero-order valence-corrected chi connectivity index (χ0v) is 11.8. The van der Waals surface area contributed by atoms with E-state index >= 15 is 0 Å². The maximum atomic E-state index is 5.38. The SMILES string of the molecule is Ic1ccc(-c2nc(C3COCCN3)no2)cc1. The molecule has 5 nitrogen and oxygen atoms in total. The number of aromatic nitrogens is 2. The molecular weight excluding hydrogens is 345 g/mol. The summed E-state index contributed by atoms with van der Waals surface area (Å²) in [5.74, 6) is 1.21. The van der Waals surface area contributed by atoms with Gasteiger partial charge in [0.05, 0.1) is 19.3 Å². The van der Waals surface area contributed by atoms with Crippen molar-refractivity contribution < 1.29 is 9.26 Å². The first kappa shape index (κ1) is 12.1. The van der Waals surface area contributed by atoms with Gasteiger partial charge in [0.1, 0.15) is 0 Å². The number of morpholine rings is 1. The van der Waals surface area contributed by atoms with Crippen LogP contribution in [0.2, 0.25) is 0 Å². The minimum Gasteiger partial charge on any atom is -0.378 e. The van der Waals surface area contributed by atoms with Crippen LogP contribution in [0.4, 0.5) is 0 Å². The van der Waals surface area contributed by atoms with Crippen molar-refractivity contribution in [2.24, 2.45) is 0 Å². The molecule has 6 heteroatoms. The van der Waals surface area contributed by atoms with Gasteiger partial charge in [-0.1, -0.05) is 5.16 Å². The molecule has 1 unspecified atom stereocenters. The van der Waals surface area contributed by atoms with E-state index in [-0.39, 0.29) is 6.04 Å². The van der Waals surface area contributed by atoms with Crippen LogP contribution in [0.5, 0.6) is 0 Å². The molecule has 94 valence electrons. The highest BCUT2D eigenvalue weighted by Crippen LogP contribution is 2.21. The zero-order valence-electron chi connectivity index (χ0n) is 9.60. The lowest BCUT2D eigenvalue weighted by molar-refractivity contribution is 0.0734. The van der Waals surface area contributed by atoms with Crippen LogP contribution in [0.25, 0.3) is 11.5 Å². The van der Waals surface area contributed by atoms with Gasteiger partial charge >= 0.3 is 0 Å². The van der Waals surface area contributed by atoms with Crippen LogP contribution in [0.1, 0.15) is 11.9 Å². The van der Waals surface area contributed by atoms with Crippen molar-refractivity contribution in [3.8, 4) is 11.5 Å². The Labute approximate surface area is 118 Å². The van der Waals surface area contributed by atoms with Gasteiger partial charge in [0, 0.05) is 15.7 Å². The van der Waals surface area contributed by atoms with E-state index in [1.807, 2.05) is 24.3 Å². The smallest absolute Gasteiger partial charge is 0.257 e. The zero-order chi connectivity index (χ0) is 12.4. The number of nitrogens with zero attached hydrogens (tertiary/aromatic N) is 2. The molecule has 3 rings (SSSR count). The van der Waals surface area contributed by atoms with E-state index < -0.39 is 0 Å². The van der Waals surface area contributed by atoms with Crippen LogP contribution >= 0.6 is 22.6 Å². The summed E-state index contributed by atoms with van der Waals surface area (Å²) in [7, 11) is 0. The number of nitrogens with one attached hydrogen (secondary N) is 1. The molecule has 2 heterocycles. The maximum absolute atomic E-state index is 5.38. The summed E-state index contributed by atoms with van der Waals surface area (Å²) in [5.41, 5.74) is 0.936. The van der Waals surface area contributed by atoms with Crippen molar-refractivity contribution in [3.63, 3.8) is 0 Å². The summed E-state index contributed by atoms with van der Waals surface area (Å²) < 4.78 is 11.8. The molecule has 1 saturated heterocycles. The van der Waals surface area contributed by atoms with Crippen molar-refractivity contribution in [2.75, 3.05) is 19.8 Å². The normalized spacial score (nSPS) is 19.9. The lowest BCUT2D eigenvalue weighted by atomic mass is 10.2. The Morgan fingerprint density at radius 1 is 1.28 bits per heavy atom. The fourth-order valence-corrected chi connectivity index (χ4v) is 2.18. The second-order valence-electron chi connectivity index (χ2n) is 4.05. The molecule has 0 amide bonds. The van der Waals surface area contributed by atoms with E-state index in [1.165, 1.54) is 3.57 Å². The molecule has 1 aliphatic rings. The van der Waals surface area contributed by atoms with E-state index in [9.17, 15) is 0 Å². The molecule has 1 aromatic heterocycles. The number of benzene rings is 1. The molecule has 0 saturated carbocycles. The Bertz CT molecular complexity index is 520. The molecule has 1 aliphatic heterocycles. The van der Waals surface area contributed by atoms with E-state index in [2.05, 4.69) is 38.0 Å². The van der Waals surface area contributed by atoms with Gasteiger partial charge in [-0.25, -0.2) is 0 Å². The average Bonchev–Trinajstić information content (AvgIpc) is 2.90. The minimum absolute atomic E-state index is 0.0279. The third-order valence-electron chi connectivity index (χ3n) is 2.77. The third kappa shape index (κ3) is 2.55. The van der Waals surface area contributed by atoms with Gasteiger partial charge in [-0.15, -0.1) is 0 Å². The molecule has 1 aromatic carbocycles. The highest BCUT2D eigenvalue weighted by atomic mass is 127. The van der Waals surface area contributed by atoms with Crippen molar-refractivity contribution in [1.82, 2.24) is 15.5 Å². The van der Waals surface area contributed by atoms with Crippen molar-refractivity contribution in [3.05, 3.63) is 33.7 Å². The molecule has 18 heavy (non-hydrogen) atoms. The number of ether oxygens (including phenoxy) is 1. The van der Waals surface area contributed by atoms with Gasteiger partial charge in [-0.05, 0) is 46.9 Å². The summed E-state index contributed by atoms with van der Waals surface area (Å²) in [6.07, 6.45) is 0. The monoisotopic (exact) mass is 357 g/mol. The molecule has 2 aromatic rings. The molecule has 1 fully saturated rings. The number of halogens is 1. The second-order valence-corrected chi connectivity index (χ2v) is 5.29. The predicted octanol–water partition coefficient (Wildman–Crippen LogP) is 2.00. The van der Waals surface area contributed by atoms with Crippen LogP contribution in [0.15, 0.2) is 28.8 Å². The molecule has 0 radical (unpaired) electrons. The topological polar surface area (TPSA) is 60.2 Å². The lowest BCUT2D eigenvalue weighted by Gasteiger charge is -2.20. The number of rotatable bonds is 2. The Kier molecular flexibility index (Phi) is 3.57. The lowest BCUT2D eigenvalue weighted by Crippen LogP contribution is -2.35. The van der Waals surface area contributed by atoms with E-state index in [1.54, 1.807) is 0 Å². The van der Waals surface area contributed by atoms with E-state index in [0.29, 0.717) is 18.3 Å². The van der Waals surface area contributed by atoms with Crippen LogP contribution in [-0.4, -0.2) is 29.9 Å². The predicted molar refractivity (Wildman–Crippen MR) is 74.0 cm³/mol. The van der Waals surface area contributed by atoms with Crippen molar-refractivity contribution >= 4 is 22.6 Å². The standard InChI is InChI=1S/C12H12IN3O2/c13-9-3-1-8(2-4-9)12-15-11(16-18-12)10-7-17-6-5-14-10/h1-4,10,14H,5-7H2. The number of hydrogen-bond acceptors (Lipinski definition) is 5. The Morgan fingerprint density at radius 2 is 2.11 bits per heavy atom. The third-order valence-corrected chi connectivity index (χ3v) is 3.49. The van der Waals surface area contributed by atoms with Crippen molar-refractivity contribution in [1.29, 1.82) is 0 Å². The number of hydrogen-bond donors (Lipinski definition) is 1. The van der Waals surface area contributed by atoms with E-state index in [0.717, 1.165) is 18.7 Å². The van der Waals surface area contributed by atoms with Gasteiger partial charge < -0.3 is 14.6 Å². The van der Waals surface area contributed by atoms with Crippen molar-refractivity contribution in [2.45, 2.75) is 6.04 Å². The minimum atomic E-state index is 0.0279. The molecular formula is C12H12IN3O2. The summed E-state index contributed by atoms with van der Waals surface area (Å²) >= 11 is 2.26. The summed E-state index contributed by atoms with van der Waals surface area (Å²) in [5, 5.41) is 7.31. The Hall–Kier alpha value is -0.990. The largest absolute Gasteiger partial charge is 0.378 e. The second kappa shape index (κ2) is 5.33. The van der Waals surface area contributed by atoms with Gasteiger partial charge in [-0.3, -0.25) is 0 Å². The van der Waals surface area contributed by atoms with Gasteiger partial charge in [-0.2, -0.15) is 4.98 Å².